The van der Waals surface area contributed by atoms with Crippen molar-refractivity contribution in [2.75, 3.05) is 0 Å². The molecule has 58 valence electrons. The van der Waals surface area contributed by atoms with Gasteiger partial charge in [-0.15, -0.1) is 12.4 Å². The zero-order valence-corrected chi connectivity index (χ0v) is 6.23. The molecule has 0 saturated heterocycles. The highest BCUT2D eigenvalue weighted by atomic mass is 35.5. The Morgan fingerprint density at radius 3 is 2.10 bits per heavy atom. The van der Waals surface area contributed by atoms with Crippen LogP contribution in [0.3, 0.4) is 0 Å². The van der Waals surface area contributed by atoms with Gasteiger partial charge in [-0.1, -0.05) is 0 Å². The van der Waals surface area contributed by atoms with E-state index in [0.717, 1.165) is 12.8 Å². The van der Waals surface area contributed by atoms with Gasteiger partial charge in [0.25, 0.3) is 0 Å². The average molecular weight is 164 g/mol. The molecule has 3 nitrogen and oxygen atoms in total. The quantitative estimate of drug-likeness (QED) is 0.582. The summed E-state index contributed by atoms with van der Waals surface area (Å²) in [6.07, 6.45) is 1.65. The topological polar surface area (TPSA) is 63.3 Å². The normalized spacial score (nSPS) is 48.1. The molecular formula is C6H10ClNO2. The van der Waals surface area contributed by atoms with Gasteiger partial charge in [0, 0.05) is 6.04 Å². The first kappa shape index (κ1) is 7.82. The van der Waals surface area contributed by atoms with E-state index in [0.29, 0.717) is 5.92 Å². The predicted molar refractivity (Wildman–Crippen MR) is 38.0 cm³/mol. The van der Waals surface area contributed by atoms with E-state index in [1.807, 2.05) is 0 Å². The highest BCUT2D eigenvalue weighted by Crippen LogP contribution is 2.63. The lowest BCUT2D eigenvalue weighted by Gasteiger charge is -2.63. The van der Waals surface area contributed by atoms with Gasteiger partial charge in [-0.05, 0) is 18.8 Å². The van der Waals surface area contributed by atoms with Crippen molar-refractivity contribution < 1.29 is 9.90 Å². The van der Waals surface area contributed by atoms with Crippen molar-refractivity contribution in [1.82, 2.24) is 0 Å². The van der Waals surface area contributed by atoms with Crippen LogP contribution >= 0.6 is 12.4 Å². The van der Waals surface area contributed by atoms with E-state index in [1.54, 1.807) is 0 Å². The number of carbonyl (C=O) groups is 1. The molecule has 3 aliphatic rings. The zero-order valence-electron chi connectivity index (χ0n) is 5.41. The van der Waals surface area contributed by atoms with E-state index < -0.39 is 11.4 Å². The summed E-state index contributed by atoms with van der Waals surface area (Å²) in [7, 11) is 0. The summed E-state index contributed by atoms with van der Waals surface area (Å²) in [6.45, 7) is 0. The van der Waals surface area contributed by atoms with Crippen molar-refractivity contribution in [2.45, 2.75) is 18.9 Å². The van der Waals surface area contributed by atoms with Crippen molar-refractivity contribution in [2.24, 2.45) is 17.1 Å². The largest absolute Gasteiger partial charge is 0.481 e. The Morgan fingerprint density at radius 1 is 1.60 bits per heavy atom. The molecule has 3 fully saturated rings. The predicted octanol–water partition coefficient (Wildman–Crippen LogP) is 0.230. The number of hydrogen-bond acceptors (Lipinski definition) is 2. The SMILES string of the molecule is Cl.NC1C2CC1(C(=O)O)C2. The molecule has 1 atom stereocenters. The number of carboxylic acid groups (broad SMARTS) is 1. The lowest BCUT2D eigenvalue weighted by Crippen LogP contribution is -2.73. The molecule has 0 heterocycles. The Kier molecular flexibility index (Phi) is 1.45. The fourth-order valence-electron chi connectivity index (χ4n) is 1.85. The highest BCUT2D eigenvalue weighted by molar-refractivity contribution is 5.85. The number of carboxylic acids is 1. The molecule has 0 aromatic carbocycles. The minimum absolute atomic E-state index is 0. The van der Waals surface area contributed by atoms with Gasteiger partial charge in [0.2, 0.25) is 0 Å². The summed E-state index contributed by atoms with van der Waals surface area (Å²) in [5.74, 6) is -0.168. The molecule has 2 bridgehead atoms. The average Bonchev–Trinajstić information content (AvgIpc) is 1.60. The van der Waals surface area contributed by atoms with Gasteiger partial charge < -0.3 is 10.8 Å². The molecule has 3 N–H and O–H groups in total. The fourth-order valence-corrected chi connectivity index (χ4v) is 1.85. The molecule has 3 saturated carbocycles. The third kappa shape index (κ3) is 0.527. The third-order valence-electron chi connectivity index (χ3n) is 2.82. The zero-order chi connectivity index (χ0) is 6.65. The second kappa shape index (κ2) is 1.86. The van der Waals surface area contributed by atoms with Gasteiger partial charge in [0.1, 0.15) is 0 Å². The Morgan fingerprint density at radius 2 is 2.10 bits per heavy atom. The van der Waals surface area contributed by atoms with Crippen LogP contribution in [0.2, 0.25) is 0 Å². The maximum atomic E-state index is 10.5. The van der Waals surface area contributed by atoms with Crippen LogP contribution in [0.1, 0.15) is 12.8 Å². The summed E-state index contributed by atoms with van der Waals surface area (Å²) in [5, 5.41) is 8.62. The molecule has 4 heteroatoms. The first-order valence-corrected chi connectivity index (χ1v) is 3.16. The smallest absolute Gasteiger partial charge is 0.311 e. The van der Waals surface area contributed by atoms with Gasteiger partial charge in [0.15, 0.2) is 0 Å². The summed E-state index contributed by atoms with van der Waals surface area (Å²) in [4.78, 5) is 10.5. The highest BCUT2D eigenvalue weighted by Gasteiger charge is 2.68. The van der Waals surface area contributed by atoms with Crippen molar-refractivity contribution in [1.29, 1.82) is 0 Å². The van der Waals surface area contributed by atoms with E-state index in [2.05, 4.69) is 0 Å². The fraction of sp³-hybridized carbons (Fsp3) is 0.833. The lowest BCUT2D eigenvalue weighted by molar-refractivity contribution is -0.192. The summed E-state index contributed by atoms with van der Waals surface area (Å²) < 4.78 is 0. The van der Waals surface area contributed by atoms with Crippen molar-refractivity contribution in [3.8, 4) is 0 Å². The Bertz CT molecular complexity index is 177. The van der Waals surface area contributed by atoms with Crippen LogP contribution in [0.25, 0.3) is 0 Å². The Hall–Kier alpha value is -0.280. The second-order valence-corrected chi connectivity index (χ2v) is 3.16. The lowest BCUT2D eigenvalue weighted by atomic mass is 9.41. The Labute approximate surface area is 65.0 Å². The monoisotopic (exact) mass is 163 g/mol. The van der Waals surface area contributed by atoms with Crippen molar-refractivity contribution in [3.63, 3.8) is 0 Å². The standard InChI is InChI=1S/C6H9NO2.ClH/c7-4-3-1-6(4,2-3)5(8)9;/h3-4H,1-2,7H2,(H,8,9);1H. The van der Waals surface area contributed by atoms with Gasteiger partial charge in [0.05, 0.1) is 5.41 Å². The first-order valence-electron chi connectivity index (χ1n) is 3.16. The van der Waals surface area contributed by atoms with E-state index in [9.17, 15) is 4.79 Å². The summed E-state index contributed by atoms with van der Waals surface area (Å²) in [5.41, 5.74) is 5.05. The van der Waals surface area contributed by atoms with Crippen LogP contribution in [-0.2, 0) is 4.79 Å². The van der Waals surface area contributed by atoms with Crippen molar-refractivity contribution >= 4 is 18.4 Å². The third-order valence-corrected chi connectivity index (χ3v) is 2.82. The maximum absolute atomic E-state index is 10.5. The van der Waals surface area contributed by atoms with Gasteiger partial charge in [-0.2, -0.15) is 0 Å². The second-order valence-electron chi connectivity index (χ2n) is 3.16. The molecule has 0 aliphatic heterocycles. The molecule has 10 heavy (non-hydrogen) atoms. The number of nitrogens with two attached hydrogens (primary N) is 1. The van der Waals surface area contributed by atoms with E-state index in [4.69, 9.17) is 10.8 Å². The number of aliphatic carboxylic acids is 1. The molecule has 1 unspecified atom stereocenters. The van der Waals surface area contributed by atoms with Crippen LogP contribution in [0.4, 0.5) is 0 Å². The first-order chi connectivity index (χ1) is 4.17. The van der Waals surface area contributed by atoms with Gasteiger partial charge >= 0.3 is 5.97 Å². The van der Waals surface area contributed by atoms with Crippen LogP contribution in [-0.4, -0.2) is 17.1 Å². The minimum Gasteiger partial charge on any atom is -0.481 e. The van der Waals surface area contributed by atoms with Crippen LogP contribution < -0.4 is 5.73 Å². The Balaban J connectivity index is 0.000000500. The van der Waals surface area contributed by atoms with E-state index >= 15 is 0 Å². The number of hydrogen-bond donors (Lipinski definition) is 2. The molecule has 0 aromatic rings. The minimum atomic E-state index is -0.697. The molecule has 0 amide bonds. The van der Waals surface area contributed by atoms with Gasteiger partial charge in [-0.3, -0.25) is 4.79 Å². The molecular weight excluding hydrogens is 154 g/mol. The van der Waals surface area contributed by atoms with Crippen LogP contribution in [0.5, 0.6) is 0 Å². The maximum Gasteiger partial charge on any atom is 0.311 e. The summed E-state index contributed by atoms with van der Waals surface area (Å²) in [6, 6.07) is -0.0324. The molecule has 0 aromatic heterocycles. The number of halogens is 1. The van der Waals surface area contributed by atoms with E-state index in [-0.39, 0.29) is 18.4 Å². The van der Waals surface area contributed by atoms with Gasteiger partial charge in [-0.25, -0.2) is 0 Å². The van der Waals surface area contributed by atoms with E-state index in [1.165, 1.54) is 0 Å². The number of rotatable bonds is 1. The van der Waals surface area contributed by atoms with Crippen LogP contribution in [0, 0.1) is 11.3 Å². The molecule has 0 spiro atoms. The van der Waals surface area contributed by atoms with Crippen LogP contribution in [0.15, 0.2) is 0 Å². The molecule has 0 radical (unpaired) electrons. The molecule has 3 aliphatic carbocycles. The summed E-state index contributed by atoms with van der Waals surface area (Å²) >= 11 is 0. The molecule has 3 rings (SSSR count). The van der Waals surface area contributed by atoms with Crippen molar-refractivity contribution in [3.05, 3.63) is 0 Å².